The summed E-state index contributed by atoms with van der Waals surface area (Å²) >= 11 is 11.3. The summed E-state index contributed by atoms with van der Waals surface area (Å²) in [6, 6.07) is 13.2. The number of benzene rings is 2. The van der Waals surface area contributed by atoms with E-state index >= 15 is 0 Å². The SMILES string of the molecule is C=CC[C@@]1(C)OC[C@@H](c2ccc(Cl)c(F)c2)N(C(CO)C2CC2)C1=O.Clc1ccccc1. The molecule has 3 atom stereocenters. The van der Waals surface area contributed by atoms with Gasteiger partial charge in [0.2, 0.25) is 0 Å². The van der Waals surface area contributed by atoms with Crippen molar-refractivity contribution in [2.45, 2.75) is 43.9 Å². The van der Waals surface area contributed by atoms with Crippen molar-refractivity contribution >= 4 is 29.1 Å². The van der Waals surface area contributed by atoms with Gasteiger partial charge in [-0.15, -0.1) is 6.58 Å². The fourth-order valence-electron chi connectivity index (χ4n) is 3.96. The van der Waals surface area contributed by atoms with E-state index in [9.17, 15) is 14.3 Å². The highest BCUT2D eigenvalue weighted by Gasteiger charge is 2.50. The van der Waals surface area contributed by atoms with Crippen molar-refractivity contribution in [3.05, 3.63) is 82.6 Å². The van der Waals surface area contributed by atoms with Crippen LogP contribution in [0.1, 0.15) is 37.8 Å². The molecule has 1 saturated heterocycles. The van der Waals surface area contributed by atoms with Crippen LogP contribution >= 0.6 is 23.2 Å². The number of amides is 1. The van der Waals surface area contributed by atoms with Gasteiger partial charge < -0.3 is 14.7 Å². The highest BCUT2D eigenvalue weighted by Crippen LogP contribution is 2.43. The smallest absolute Gasteiger partial charge is 0.255 e. The molecule has 2 fully saturated rings. The van der Waals surface area contributed by atoms with Crippen LogP contribution < -0.4 is 0 Å². The van der Waals surface area contributed by atoms with E-state index < -0.39 is 17.5 Å². The van der Waals surface area contributed by atoms with Crippen molar-refractivity contribution in [3.63, 3.8) is 0 Å². The Balaban J connectivity index is 0.000000352. The Morgan fingerprint density at radius 3 is 2.47 bits per heavy atom. The number of aliphatic hydroxyl groups excluding tert-OH is 1. The monoisotopic (exact) mass is 479 g/mol. The molecule has 1 aliphatic carbocycles. The maximum Gasteiger partial charge on any atom is 0.255 e. The molecule has 2 aromatic rings. The normalized spacial score (nSPS) is 23.8. The third-order valence-electron chi connectivity index (χ3n) is 5.89. The number of hydrogen-bond donors (Lipinski definition) is 1. The van der Waals surface area contributed by atoms with Crippen LogP contribution in [0, 0.1) is 11.7 Å². The first-order valence-electron chi connectivity index (χ1n) is 10.6. The standard InChI is InChI=1S/C19H23ClFNO3.C6H5Cl/c1-3-8-19(2)18(24)22(16(10-23)12-4-5-12)17(11-25-19)13-6-7-14(20)15(21)9-13;7-6-4-2-1-3-5-6/h3,6-7,9,12,16-17,23H,1,4-5,8,10-11H2,2H3;1-5H/t16?,17-,19+;/m0./s1. The Labute approximate surface area is 198 Å². The molecule has 32 heavy (non-hydrogen) atoms. The Hall–Kier alpha value is -1.92. The number of halogens is 3. The number of rotatable bonds is 6. The van der Waals surface area contributed by atoms with Gasteiger partial charge in [-0.1, -0.05) is 53.5 Å². The van der Waals surface area contributed by atoms with Crippen molar-refractivity contribution in [1.29, 1.82) is 0 Å². The molecule has 2 aromatic carbocycles. The van der Waals surface area contributed by atoms with Crippen LogP contribution in [0.2, 0.25) is 10.0 Å². The second kappa shape index (κ2) is 10.8. The number of aliphatic hydroxyl groups is 1. The quantitative estimate of drug-likeness (QED) is 0.530. The molecule has 0 spiro atoms. The zero-order chi connectivity index (χ0) is 23.3. The van der Waals surface area contributed by atoms with Gasteiger partial charge in [0.25, 0.3) is 5.91 Å². The fraction of sp³-hybridized carbons (Fsp3) is 0.400. The Morgan fingerprint density at radius 1 is 1.28 bits per heavy atom. The van der Waals surface area contributed by atoms with Gasteiger partial charge in [-0.05, 0) is 55.5 Å². The zero-order valence-corrected chi connectivity index (χ0v) is 19.5. The van der Waals surface area contributed by atoms with Gasteiger partial charge in [-0.25, -0.2) is 4.39 Å². The molecular weight excluding hydrogens is 452 g/mol. The Bertz CT molecular complexity index is 938. The number of carbonyl (C=O) groups excluding carboxylic acids is 1. The van der Waals surface area contributed by atoms with Gasteiger partial charge in [0.1, 0.15) is 11.4 Å². The second-order valence-electron chi connectivity index (χ2n) is 8.32. The lowest BCUT2D eigenvalue weighted by Gasteiger charge is -2.47. The van der Waals surface area contributed by atoms with E-state index in [4.69, 9.17) is 27.9 Å². The summed E-state index contributed by atoms with van der Waals surface area (Å²) in [5.74, 6) is -0.442. The number of morpholine rings is 1. The molecule has 0 bridgehead atoms. The number of carbonyl (C=O) groups is 1. The number of nitrogens with zero attached hydrogens (tertiary/aromatic N) is 1. The predicted octanol–water partition coefficient (Wildman–Crippen LogP) is 5.82. The average molecular weight is 480 g/mol. The first-order valence-corrected chi connectivity index (χ1v) is 11.4. The highest BCUT2D eigenvalue weighted by atomic mass is 35.5. The summed E-state index contributed by atoms with van der Waals surface area (Å²) < 4.78 is 19.8. The molecule has 1 unspecified atom stereocenters. The lowest BCUT2D eigenvalue weighted by Crippen LogP contribution is -2.60. The minimum absolute atomic E-state index is 0.0377. The molecule has 1 heterocycles. The second-order valence-corrected chi connectivity index (χ2v) is 9.16. The molecule has 172 valence electrons. The van der Waals surface area contributed by atoms with Crippen LogP contribution in [-0.2, 0) is 9.53 Å². The lowest BCUT2D eigenvalue weighted by atomic mass is 9.91. The average Bonchev–Trinajstić information content (AvgIpc) is 3.61. The van der Waals surface area contributed by atoms with Gasteiger partial charge in [-0.3, -0.25) is 4.79 Å². The van der Waals surface area contributed by atoms with E-state index in [1.165, 1.54) is 12.1 Å². The minimum atomic E-state index is -1.01. The summed E-state index contributed by atoms with van der Waals surface area (Å²) in [5.41, 5.74) is -0.388. The maximum atomic E-state index is 13.9. The van der Waals surface area contributed by atoms with Crippen molar-refractivity contribution in [2.75, 3.05) is 13.2 Å². The third-order valence-corrected chi connectivity index (χ3v) is 6.45. The number of ether oxygens (including phenoxy) is 1. The first-order chi connectivity index (χ1) is 15.3. The van der Waals surface area contributed by atoms with E-state index in [1.807, 2.05) is 30.3 Å². The summed E-state index contributed by atoms with van der Waals surface area (Å²) in [7, 11) is 0. The molecule has 1 aliphatic heterocycles. The van der Waals surface area contributed by atoms with Crippen molar-refractivity contribution in [1.82, 2.24) is 4.90 Å². The molecule has 1 amide bonds. The predicted molar refractivity (Wildman–Crippen MR) is 125 cm³/mol. The molecule has 1 saturated carbocycles. The lowest BCUT2D eigenvalue weighted by molar-refractivity contribution is -0.184. The number of hydrogen-bond acceptors (Lipinski definition) is 3. The summed E-state index contributed by atoms with van der Waals surface area (Å²) in [6.07, 6.45) is 4.00. The zero-order valence-electron chi connectivity index (χ0n) is 18.0. The maximum absolute atomic E-state index is 13.9. The van der Waals surface area contributed by atoms with Gasteiger partial charge in [0.15, 0.2) is 0 Å². The van der Waals surface area contributed by atoms with Gasteiger partial charge in [0.05, 0.1) is 30.3 Å². The molecule has 4 rings (SSSR count). The van der Waals surface area contributed by atoms with Crippen LogP contribution in [-0.4, -0.2) is 40.8 Å². The molecule has 0 aromatic heterocycles. The highest BCUT2D eigenvalue weighted by molar-refractivity contribution is 6.30. The van der Waals surface area contributed by atoms with Crippen LogP contribution in [0.4, 0.5) is 4.39 Å². The van der Waals surface area contributed by atoms with Crippen molar-refractivity contribution in [3.8, 4) is 0 Å². The van der Waals surface area contributed by atoms with Crippen LogP contribution in [0.3, 0.4) is 0 Å². The Kier molecular flexibility index (Phi) is 8.34. The Morgan fingerprint density at radius 2 is 1.97 bits per heavy atom. The van der Waals surface area contributed by atoms with Gasteiger partial charge in [-0.2, -0.15) is 0 Å². The molecule has 7 heteroatoms. The summed E-state index contributed by atoms with van der Waals surface area (Å²) in [4.78, 5) is 14.9. The van der Waals surface area contributed by atoms with E-state index in [0.29, 0.717) is 12.0 Å². The molecule has 4 nitrogen and oxygen atoms in total. The van der Waals surface area contributed by atoms with Crippen LogP contribution in [0.5, 0.6) is 0 Å². The first kappa shape index (κ1) is 24.7. The van der Waals surface area contributed by atoms with Gasteiger partial charge in [0, 0.05) is 11.4 Å². The van der Waals surface area contributed by atoms with Crippen molar-refractivity contribution < 1.29 is 19.0 Å². The summed E-state index contributed by atoms with van der Waals surface area (Å²) in [5, 5.41) is 10.8. The van der Waals surface area contributed by atoms with Crippen molar-refractivity contribution in [2.24, 2.45) is 5.92 Å². The molecule has 2 aliphatic rings. The van der Waals surface area contributed by atoms with Crippen LogP contribution in [0.15, 0.2) is 61.2 Å². The van der Waals surface area contributed by atoms with E-state index in [1.54, 1.807) is 24.0 Å². The van der Waals surface area contributed by atoms with E-state index in [0.717, 1.165) is 17.9 Å². The summed E-state index contributed by atoms with van der Waals surface area (Å²) in [6.45, 7) is 5.56. The largest absolute Gasteiger partial charge is 0.394 e. The molecule has 1 N–H and O–H groups in total. The fourth-order valence-corrected chi connectivity index (χ4v) is 4.22. The van der Waals surface area contributed by atoms with Crippen LogP contribution in [0.25, 0.3) is 0 Å². The third kappa shape index (κ3) is 5.70. The van der Waals surface area contributed by atoms with E-state index in [-0.39, 0.29) is 36.1 Å². The van der Waals surface area contributed by atoms with E-state index in [2.05, 4.69) is 6.58 Å². The topological polar surface area (TPSA) is 49.8 Å². The molecular formula is C25H28Cl2FNO3. The minimum Gasteiger partial charge on any atom is -0.394 e. The molecule has 0 radical (unpaired) electrons. The van der Waals surface area contributed by atoms with Gasteiger partial charge >= 0.3 is 0 Å².